The molecule has 0 bridgehead atoms. The fraction of sp³-hybridized carbons (Fsp3) is 0.375. The Balaban J connectivity index is 1.55. The van der Waals surface area contributed by atoms with Crippen molar-refractivity contribution in [3.05, 3.63) is 36.3 Å². The van der Waals surface area contributed by atoms with Crippen molar-refractivity contribution in [2.24, 2.45) is 5.92 Å². The largest absolute Gasteiger partial charge is 0.465 e. The van der Waals surface area contributed by atoms with Crippen molar-refractivity contribution in [1.82, 2.24) is 20.2 Å². The summed E-state index contributed by atoms with van der Waals surface area (Å²) in [6, 6.07) is 5.29. The van der Waals surface area contributed by atoms with Gasteiger partial charge in [-0.25, -0.2) is 9.78 Å². The molecular formula is C16H18N4O3. The van der Waals surface area contributed by atoms with Crippen LogP contribution in [0.25, 0.3) is 10.9 Å². The highest BCUT2D eigenvalue weighted by molar-refractivity contribution is 5.94. The van der Waals surface area contributed by atoms with Crippen LogP contribution >= 0.6 is 0 Å². The lowest BCUT2D eigenvalue weighted by atomic mass is 9.97. The van der Waals surface area contributed by atoms with E-state index < -0.39 is 6.09 Å². The second-order valence-corrected chi connectivity index (χ2v) is 5.69. The molecule has 0 aliphatic carbocycles. The molecule has 2 amide bonds. The molecule has 7 nitrogen and oxygen atoms in total. The van der Waals surface area contributed by atoms with E-state index >= 15 is 0 Å². The van der Waals surface area contributed by atoms with Crippen molar-refractivity contribution < 1.29 is 14.7 Å². The maximum absolute atomic E-state index is 12.2. The van der Waals surface area contributed by atoms with Crippen molar-refractivity contribution >= 4 is 22.9 Å². The molecule has 0 radical (unpaired) electrons. The number of nitrogens with zero attached hydrogens (tertiary/aromatic N) is 3. The molecule has 23 heavy (non-hydrogen) atoms. The maximum atomic E-state index is 12.2. The van der Waals surface area contributed by atoms with Crippen LogP contribution in [0.1, 0.15) is 23.3 Å². The van der Waals surface area contributed by atoms with E-state index in [0.29, 0.717) is 31.2 Å². The molecule has 0 spiro atoms. The van der Waals surface area contributed by atoms with Crippen molar-refractivity contribution in [1.29, 1.82) is 0 Å². The van der Waals surface area contributed by atoms with Gasteiger partial charge in [-0.3, -0.25) is 9.78 Å². The van der Waals surface area contributed by atoms with Crippen LogP contribution in [0.15, 0.2) is 30.6 Å². The van der Waals surface area contributed by atoms with Gasteiger partial charge in [0.2, 0.25) is 0 Å². The Bertz CT molecular complexity index is 726. The van der Waals surface area contributed by atoms with Gasteiger partial charge in [0.25, 0.3) is 5.91 Å². The van der Waals surface area contributed by atoms with Gasteiger partial charge in [-0.15, -0.1) is 0 Å². The molecular weight excluding hydrogens is 296 g/mol. The van der Waals surface area contributed by atoms with Gasteiger partial charge in [0.05, 0.1) is 5.52 Å². The third-order valence-electron chi connectivity index (χ3n) is 4.16. The fourth-order valence-corrected chi connectivity index (χ4v) is 2.75. The topological polar surface area (TPSA) is 95.4 Å². The van der Waals surface area contributed by atoms with Crippen LogP contribution in [0.4, 0.5) is 4.79 Å². The van der Waals surface area contributed by atoms with Crippen LogP contribution in [0.3, 0.4) is 0 Å². The number of likely N-dealkylation sites (tertiary alicyclic amines) is 1. The first-order valence-corrected chi connectivity index (χ1v) is 7.60. The van der Waals surface area contributed by atoms with Crippen molar-refractivity contribution in [3.8, 4) is 0 Å². The van der Waals surface area contributed by atoms with Crippen LogP contribution < -0.4 is 5.32 Å². The summed E-state index contributed by atoms with van der Waals surface area (Å²) in [5.41, 5.74) is 1.12. The van der Waals surface area contributed by atoms with E-state index in [-0.39, 0.29) is 5.91 Å². The molecule has 1 saturated heterocycles. The minimum absolute atomic E-state index is 0.204. The Labute approximate surface area is 133 Å². The normalized spacial score (nSPS) is 15.6. The van der Waals surface area contributed by atoms with Crippen LogP contribution in [-0.2, 0) is 0 Å². The van der Waals surface area contributed by atoms with E-state index in [2.05, 4.69) is 15.3 Å². The summed E-state index contributed by atoms with van der Waals surface area (Å²) in [5, 5.41) is 12.7. The van der Waals surface area contributed by atoms with Crippen molar-refractivity contribution in [3.63, 3.8) is 0 Å². The first kappa shape index (κ1) is 15.2. The summed E-state index contributed by atoms with van der Waals surface area (Å²) in [4.78, 5) is 32.8. The number of hydrogen-bond acceptors (Lipinski definition) is 4. The molecule has 7 heteroatoms. The monoisotopic (exact) mass is 314 g/mol. The minimum atomic E-state index is -0.873. The molecule has 0 unspecified atom stereocenters. The molecule has 3 rings (SSSR count). The molecule has 1 aliphatic heterocycles. The standard InChI is InChI=1S/C16H18N4O3/c21-15(14-2-1-12-10-17-6-3-13(12)19-14)18-9-11-4-7-20(8-5-11)16(22)23/h1-3,6,10-11H,4-5,7-9H2,(H,18,21)(H,22,23). The lowest BCUT2D eigenvalue weighted by Gasteiger charge is -2.29. The van der Waals surface area contributed by atoms with E-state index in [9.17, 15) is 9.59 Å². The highest BCUT2D eigenvalue weighted by atomic mass is 16.4. The van der Waals surface area contributed by atoms with Crippen molar-refractivity contribution in [2.45, 2.75) is 12.8 Å². The van der Waals surface area contributed by atoms with Crippen molar-refractivity contribution in [2.75, 3.05) is 19.6 Å². The summed E-state index contributed by atoms with van der Waals surface area (Å²) in [7, 11) is 0. The molecule has 120 valence electrons. The Morgan fingerprint density at radius 2 is 2.04 bits per heavy atom. The SMILES string of the molecule is O=C(NCC1CCN(C(=O)O)CC1)c1ccc2cnccc2n1. The molecule has 0 saturated carbocycles. The number of fused-ring (bicyclic) bond motifs is 1. The Kier molecular flexibility index (Phi) is 4.36. The predicted molar refractivity (Wildman–Crippen MR) is 84.2 cm³/mol. The number of carbonyl (C=O) groups excluding carboxylic acids is 1. The second kappa shape index (κ2) is 6.60. The average Bonchev–Trinajstić information content (AvgIpc) is 2.59. The van der Waals surface area contributed by atoms with E-state index in [1.54, 1.807) is 24.5 Å². The van der Waals surface area contributed by atoms with Crippen LogP contribution in [0, 0.1) is 5.92 Å². The first-order chi connectivity index (χ1) is 11.1. The highest BCUT2D eigenvalue weighted by Gasteiger charge is 2.22. The number of amides is 2. The number of carbonyl (C=O) groups is 2. The lowest BCUT2D eigenvalue weighted by molar-refractivity contribution is 0.0924. The van der Waals surface area contributed by atoms with Gasteiger partial charge < -0.3 is 15.3 Å². The van der Waals surface area contributed by atoms with Gasteiger partial charge >= 0.3 is 6.09 Å². The zero-order valence-corrected chi connectivity index (χ0v) is 12.6. The van der Waals surface area contributed by atoms with Crippen LogP contribution in [-0.4, -0.2) is 51.6 Å². The summed E-state index contributed by atoms with van der Waals surface area (Å²) in [6.07, 6.45) is 4.02. The predicted octanol–water partition coefficient (Wildman–Crippen LogP) is 1.75. The van der Waals surface area contributed by atoms with Gasteiger partial charge in [0.15, 0.2) is 0 Å². The van der Waals surface area contributed by atoms with Gasteiger partial charge in [-0.1, -0.05) is 0 Å². The molecule has 3 heterocycles. The smallest absolute Gasteiger partial charge is 0.407 e. The maximum Gasteiger partial charge on any atom is 0.407 e. The number of pyridine rings is 2. The van der Waals surface area contributed by atoms with Crippen LogP contribution in [0.5, 0.6) is 0 Å². The molecule has 2 aromatic heterocycles. The second-order valence-electron chi connectivity index (χ2n) is 5.69. The summed E-state index contributed by atoms with van der Waals surface area (Å²) in [5.74, 6) is 0.101. The van der Waals surface area contributed by atoms with Gasteiger partial charge in [0, 0.05) is 37.4 Å². The van der Waals surface area contributed by atoms with E-state index in [4.69, 9.17) is 5.11 Å². The van der Waals surface area contributed by atoms with E-state index in [1.165, 1.54) is 4.90 Å². The summed E-state index contributed by atoms with van der Waals surface area (Å²) >= 11 is 0. The Hall–Kier alpha value is -2.70. The fourth-order valence-electron chi connectivity index (χ4n) is 2.75. The molecule has 2 N–H and O–H groups in total. The third-order valence-corrected chi connectivity index (χ3v) is 4.16. The van der Waals surface area contributed by atoms with Gasteiger partial charge in [0.1, 0.15) is 5.69 Å². The minimum Gasteiger partial charge on any atom is -0.465 e. The molecule has 0 aromatic carbocycles. The zero-order valence-electron chi connectivity index (χ0n) is 12.6. The van der Waals surface area contributed by atoms with Gasteiger partial charge in [-0.2, -0.15) is 0 Å². The zero-order chi connectivity index (χ0) is 16.2. The number of aromatic nitrogens is 2. The number of nitrogens with one attached hydrogen (secondary N) is 1. The lowest BCUT2D eigenvalue weighted by Crippen LogP contribution is -2.41. The molecule has 0 atom stereocenters. The molecule has 2 aromatic rings. The third kappa shape index (κ3) is 3.56. The average molecular weight is 314 g/mol. The quantitative estimate of drug-likeness (QED) is 0.900. The van der Waals surface area contributed by atoms with Gasteiger partial charge in [-0.05, 0) is 37.0 Å². The first-order valence-electron chi connectivity index (χ1n) is 7.60. The summed E-state index contributed by atoms with van der Waals surface area (Å²) in [6.45, 7) is 1.59. The molecule has 1 fully saturated rings. The number of hydrogen-bond donors (Lipinski definition) is 2. The van der Waals surface area contributed by atoms with Crippen LogP contribution in [0.2, 0.25) is 0 Å². The number of carboxylic acid groups (broad SMARTS) is 1. The van der Waals surface area contributed by atoms with E-state index in [1.807, 2.05) is 6.07 Å². The number of piperidine rings is 1. The number of rotatable bonds is 3. The Morgan fingerprint density at radius 3 is 2.78 bits per heavy atom. The highest BCUT2D eigenvalue weighted by Crippen LogP contribution is 2.16. The summed E-state index contributed by atoms with van der Waals surface area (Å²) < 4.78 is 0. The molecule has 1 aliphatic rings. The van der Waals surface area contributed by atoms with E-state index in [0.717, 1.165) is 23.7 Å². The Morgan fingerprint density at radius 1 is 1.26 bits per heavy atom.